The van der Waals surface area contributed by atoms with Gasteiger partial charge in [0.05, 0.1) is 11.1 Å². The van der Waals surface area contributed by atoms with Crippen molar-refractivity contribution < 1.29 is 14.3 Å². The van der Waals surface area contributed by atoms with Crippen LogP contribution >= 0.6 is 11.6 Å². The number of anilines is 1. The number of carbonyl (C=O) groups excluding carboxylic acids is 1. The second kappa shape index (κ2) is 8.09. The highest BCUT2D eigenvalue weighted by molar-refractivity contribution is 6.30. The Hall–Kier alpha value is -2.50. The van der Waals surface area contributed by atoms with Crippen LogP contribution in [0.3, 0.4) is 0 Å². The van der Waals surface area contributed by atoms with Crippen LogP contribution in [0.15, 0.2) is 54.7 Å². The summed E-state index contributed by atoms with van der Waals surface area (Å²) < 4.78 is 13.7. The predicted octanol–water partition coefficient (Wildman–Crippen LogP) is 5.02. The number of nitrogens with zero attached hydrogens (tertiary/aromatic N) is 2. The number of hydrogen-bond acceptors (Lipinski definition) is 4. The number of carbonyl (C=O) groups is 1. The zero-order chi connectivity index (χ0) is 20.4. The van der Waals surface area contributed by atoms with Crippen molar-refractivity contribution in [3.05, 3.63) is 71.1 Å². The number of piperidine rings is 1. The molecule has 0 bridgehead atoms. The van der Waals surface area contributed by atoms with Gasteiger partial charge in [-0.15, -0.1) is 0 Å². The lowest BCUT2D eigenvalue weighted by Crippen LogP contribution is -2.44. The summed E-state index contributed by atoms with van der Waals surface area (Å²) in [5.74, 6) is -0.283. The molecule has 0 aliphatic carbocycles. The van der Waals surface area contributed by atoms with Gasteiger partial charge in [0, 0.05) is 47.4 Å². The number of Topliss-reactive ketones (excluding diaryl/α,β-unsaturated/α-hetero) is 1. The van der Waals surface area contributed by atoms with E-state index in [-0.39, 0.29) is 11.6 Å². The molecule has 0 spiro atoms. The van der Waals surface area contributed by atoms with Crippen LogP contribution in [0.25, 0.3) is 10.9 Å². The quantitative estimate of drug-likeness (QED) is 0.598. The smallest absolute Gasteiger partial charge is 0.162 e. The van der Waals surface area contributed by atoms with Gasteiger partial charge in [0.2, 0.25) is 0 Å². The molecule has 2 aromatic carbocycles. The third-order valence-corrected chi connectivity index (χ3v) is 5.95. The molecule has 1 aliphatic heterocycles. The average Bonchev–Trinajstić information content (AvgIpc) is 2.73. The van der Waals surface area contributed by atoms with Crippen molar-refractivity contribution >= 4 is 34.0 Å². The topological polar surface area (TPSA) is 53.4 Å². The Kier molecular flexibility index (Phi) is 5.52. The summed E-state index contributed by atoms with van der Waals surface area (Å²) in [5.41, 5.74) is 1.42. The molecular formula is C23H22ClFN2O2. The van der Waals surface area contributed by atoms with Gasteiger partial charge in [-0.1, -0.05) is 11.6 Å². The SMILES string of the molecule is O=C(CCC1(O)CCN(c2ccnc3ccc(F)cc23)CC1)c1ccc(Cl)cc1. The van der Waals surface area contributed by atoms with Gasteiger partial charge in [0.15, 0.2) is 5.78 Å². The maximum atomic E-state index is 13.7. The Morgan fingerprint density at radius 1 is 1.14 bits per heavy atom. The molecule has 6 heteroatoms. The molecule has 1 aliphatic rings. The van der Waals surface area contributed by atoms with Crippen molar-refractivity contribution in [2.24, 2.45) is 0 Å². The van der Waals surface area contributed by atoms with E-state index >= 15 is 0 Å². The number of hydrogen-bond donors (Lipinski definition) is 1. The van der Waals surface area contributed by atoms with Crippen molar-refractivity contribution in [3.63, 3.8) is 0 Å². The number of pyridine rings is 1. The Bertz CT molecular complexity index is 1030. The van der Waals surface area contributed by atoms with Crippen LogP contribution in [0.4, 0.5) is 10.1 Å². The summed E-state index contributed by atoms with van der Waals surface area (Å²) in [4.78, 5) is 18.9. The standard InChI is InChI=1S/C23H22ClFN2O2/c24-17-3-1-16(2-4-17)22(28)7-9-23(29)10-13-27(14-11-23)21-8-12-26-20-6-5-18(25)15-19(20)21/h1-6,8,12,15,29H,7,9-11,13-14H2. The highest BCUT2D eigenvalue weighted by Gasteiger charge is 2.33. The van der Waals surface area contributed by atoms with E-state index in [1.165, 1.54) is 12.1 Å². The van der Waals surface area contributed by atoms with E-state index in [9.17, 15) is 14.3 Å². The summed E-state index contributed by atoms with van der Waals surface area (Å²) in [5, 5.41) is 12.3. The number of aromatic nitrogens is 1. The average molecular weight is 413 g/mol. The predicted molar refractivity (Wildman–Crippen MR) is 113 cm³/mol. The molecule has 150 valence electrons. The van der Waals surface area contributed by atoms with E-state index in [0.717, 1.165) is 16.6 Å². The van der Waals surface area contributed by atoms with Crippen molar-refractivity contribution in [1.82, 2.24) is 4.98 Å². The largest absolute Gasteiger partial charge is 0.390 e. The molecule has 0 unspecified atom stereocenters. The van der Waals surface area contributed by atoms with Crippen LogP contribution in [0.1, 0.15) is 36.0 Å². The lowest BCUT2D eigenvalue weighted by Gasteiger charge is -2.39. The fourth-order valence-electron chi connectivity index (χ4n) is 3.92. The first-order valence-corrected chi connectivity index (χ1v) is 10.1. The molecule has 0 atom stereocenters. The highest BCUT2D eigenvalue weighted by Crippen LogP contribution is 2.33. The molecule has 2 heterocycles. The van der Waals surface area contributed by atoms with Crippen LogP contribution in [0.2, 0.25) is 5.02 Å². The van der Waals surface area contributed by atoms with E-state index in [2.05, 4.69) is 9.88 Å². The van der Waals surface area contributed by atoms with E-state index in [1.54, 1.807) is 36.5 Å². The summed E-state index contributed by atoms with van der Waals surface area (Å²) in [6.07, 6.45) is 3.55. The van der Waals surface area contributed by atoms with Crippen molar-refractivity contribution in [2.45, 2.75) is 31.3 Å². The van der Waals surface area contributed by atoms with E-state index in [1.807, 2.05) is 6.07 Å². The molecule has 29 heavy (non-hydrogen) atoms. The Morgan fingerprint density at radius 2 is 1.86 bits per heavy atom. The van der Waals surface area contributed by atoms with Crippen LogP contribution < -0.4 is 4.90 Å². The summed E-state index contributed by atoms with van der Waals surface area (Å²) >= 11 is 5.87. The molecule has 4 rings (SSSR count). The maximum absolute atomic E-state index is 13.7. The van der Waals surface area contributed by atoms with Crippen LogP contribution in [-0.2, 0) is 0 Å². The van der Waals surface area contributed by atoms with Gasteiger partial charge in [-0.25, -0.2) is 4.39 Å². The number of aliphatic hydroxyl groups is 1. The Labute approximate surface area is 173 Å². The normalized spacial score (nSPS) is 16.2. The first-order chi connectivity index (χ1) is 13.9. The van der Waals surface area contributed by atoms with Gasteiger partial charge in [0.25, 0.3) is 0 Å². The minimum atomic E-state index is -0.868. The molecular weight excluding hydrogens is 391 g/mol. The minimum Gasteiger partial charge on any atom is -0.390 e. The summed E-state index contributed by atoms with van der Waals surface area (Å²) in [6.45, 7) is 1.28. The second-order valence-corrected chi connectivity index (χ2v) is 8.07. The zero-order valence-electron chi connectivity index (χ0n) is 15.9. The maximum Gasteiger partial charge on any atom is 0.162 e. The van der Waals surface area contributed by atoms with Gasteiger partial charge in [0.1, 0.15) is 5.82 Å². The van der Waals surface area contributed by atoms with Crippen LogP contribution in [-0.4, -0.2) is 34.6 Å². The fourth-order valence-corrected chi connectivity index (χ4v) is 4.05. The Morgan fingerprint density at radius 3 is 2.59 bits per heavy atom. The number of ketones is 1. The molecule has 1 saturated heterocycles. The summed E-state index contributed by atoms with van der Waals surface area (Å²) in [6, 6.07) is 13.3. The highest BCUT2D eigenvalue weighted by atomic mass is 35.5. The number of rotatable bonds is 5. The molecule has 1 N–H and O–H groups in total. The van der Waals surface area contributed by atoms with E-state index in [0.29, 0.717) is 49.4 Å². The molecule has 1 aromatic heterocycles. The first-order valence-electron chi connectivity index (χ1n) is 9.74. The molecule has 0 amide bonds. The molecule has 0 radical (unpaired) electrons. The van der Waals surface area contributed by atoms with Gasteiger partial charge in [-0.2, -0.15) is 0 Å². The van der Waals surface area contributed by atoms with Crippen molar-refractivity contribution in [1.29, 1.82) is 0 Å². The summed E-state index contributed by atoms with van der Waals surface area (Å²) in [7, 11) is 0. The van der Waals surface area contributed by atoms with Crippen molar-refractivity contribution in [3.8, 4) is 0 Å². The lowest BCUT2D eigenvalue weighted by molar-refractivity contribution is 0.00680. The van der Waals surface area contributed by atoms with E-state index < -0.39 is 5.60 Å². The zero-order valence-corrected chi connectivity index (χ0v) is 16.7. The number of benzene rings is 2. The first kappa shape index (κ1) is 19.8. The molecule has 1 fully saturated rings. The number of fused-ring (bicyclic) bond motifs is 1. The van der Waals surface area contributed by atoms with Gasteiger partial charge in [-0.3, -0.25) is 9.78 Å². The van der Waals surface area contributed by atoms with Crippen LogP contribution in [0, 0.1) is 5.82 Å². The van der Waals surface area contributed by atoms with Gasteiger partial charge < -0.3 is 10.0 Å². The number of halogens is 2. The monoisotopic (exact) mass is 412 g/mol. The van der Waals surface area contributed by atoms with Crippen LogP contribution in [0.5, 0.6) is 0 Å². The minimum absolute atomic E-state index is 0.00752. The molecule has 0 saturated carbocycles. The molecule has 4 nitrogen and oxygen atoms in total. The lowest BCUT2D eigenvalue weighted by atomic mass is 9.85. The Balaban J connectivity index is 1.40. The molecule has 3 aromatic rings. The third kappa shape index (κ3) is 4.41. The fraction of sp³-hybridized carbons (Fsp3) is 0.304. The second-order valence-electron chi connectivity index (χ2n) is 7.63. The third-order valence-electron chi connectivity index (χ3n) is 5.70. The van der Waals surface area contributed by atoms with Crippen molar-refractivity contribution in [2.75, 3.05) is 18.0 Å². The van der Waals surface area contributed by atoms with E-state index in [4.69, 9.17) is 11.6 Å². The van der Waals surface area contributed by atoms with Gasteiger partial charge in [-0.05, 0) is 67.8 Å². The van der Waals surface area contributed by atoms with Gasteiger partial charge >= 0.3 is 0 Å².